The van der Waals surface area contributed by atoms with E-state index >= 15 is 0 Å². The molecule has 1 aromatic heterocycles. The van der Waals surface area contributed by atoms with Crippen molar-refractivity contribution < 1.29 is 4.79 Å². The largest absolute Gasteiger partial charge is 0.296 e. The molecule has 0 fully saturated rings. The van der Waals surface area contributed by atoms with E-state index in [0.29, 0.717) is 5.69 Å². The predicted octanol–water partition coefficient (Wildman–Crippen LogP) is 3.24. The Balaban J connectivity index is 2.44. The third-order valence-corrected chi connectivity index (χ3v) is 3.31. The molecule has 0 radical (unpaired) electrons. The Morgan fingerprint density at radius 2 is 2.07 bits per heavy atom. The molecule has 15 heavy (non-hydrogen) atoms. The lowest BCUT2D eigenvalue weighted by Gasteiger charge is -2.01. The monoisotopic (exact) mass is 217 g/mol. The summed E-state index contributed by atoms with van der Waals surface area (Å²) < 4.78 is 0. The zero-order valence-corrected chi connectivity index (χ0v) is 9.47. The number of carbonyl (C=O) groups is 1. The van der Waals surface area contributed by atoms with Crippen LogP contribution in [0.1, 0.15) is 21.6 Å². The Bertz CT molecular complexity index is 502. The molecule has 0 aliphatic heterocycles. The van der Waals surface area contributed by atoms with E-state index in [4.69, 9.17) is 0 Å². The third kappa shape index (κ3) is 1.97. The summed E-state index contributed by atoms with van der Waals surface area (Å²) in [6, 6.07) is 6.21. The zero-order valence-electron chi connectivity index (χ0n) is 8.65. The van der Waals surface area contributed by atoms with E-state index in [1.807, 2.05) is 6.07 Å². The number of carbonyl (C=O) groups excluding carboxylic acids is 1. The molecular weight excluding hydrogens is 206 g/mol. The Morgan fingerprint density at radius 3 is 2.67 bits per heavy atom. The number of aromatic nitrogens is 1. The quantitative estimate of drug-likeness (QED) is 0.723. The first kappa shape index (κ1) is 10.1. The maximum Gasteiger partial charge on any atom is 0.169 e. The van der Waals surface area contributed by atoms with E-state index < -0.39 is 0 Å². The Morgan fingerprint density at radius 1 is 1.27 bits per heavy atom. The first-order valence-electron chi connectivity index (χ1n) is 4.69. The van der Waals surface area contributed by atoms with Crippen molar-refractivity contribution in [2.45, 2.75) is 13.8 Å². The minimum absolute atomic E-state index is 0.508. The van der Waals surface area contributed by atoms with E-state index in [-0.39, 0.29) is 0 Å². The van der Waals surface area contributed by atoms with Crippen molar-refractivity contribution in [2.75, 3.05) is 0 Å². The van der Waals surface area contributed by atoms with Gasteiger partial charge >= 0.3 is 0 Å². The summed E-state index contributed by atoms with van der Waals surface area (Å²) in [5.74, 6) is 0. The average Bonchev–Trinajstić information content (AvgIpc) is 2.70. The van der Waals surface area contributed by atoms with Crippen LogP contribution in [0.2, 0.25) is 0 Å². The zero-order chi connectivity index (χ0) is 10.8. The molecule has 0 N–H and O–H groups in total. The van der Waals surface area contributed by atoms with Gasteiger partial charge in [0.05, 0.1) is 0 Å². The van der Waals surface area contributed by atoms with Crippen LogP contribution < -0.4 is 0 Å². The van der Waals surface area contributed by atoms with Crippen LogP contribution in [0.4, 0.5) is 0 Å². The molecule has 0 saturated heterocycles. The van der Waals surface area contributed by atoms with Crippen molar-refractivity contribution in [2.24, 2.45) is 0 Å². The highest BCUT2D eigenvalue weighted by atomic mass is 32.1. The van der Waals surface area contributed by atoms with Gasteiger partial charge in [-0.2, -0.15) is 0 Å². The lowest BCUT2D eigenvalue weighted by atomic mass is 10.1. The van der Waals surface area contributed by atoms with Gasteiger partial charge in [-0.15, -0.1) is 11.3 Å². The van der Waals surface area contributed by atoms with Gasteiger partial charge in [0.15, 0.2) is 6.29 Å². The lowest BCUT2D eigenvalue weighted by molar-refractivity contribution is 0.111. The second kappa shape index (κ2) is 3.95. The fraction of sp³-hybridized carbons (Fsp3) is 0.167. The van der Waals surface area contributed by atoms with E-state index in [1.165, 1.54) is 22.5 Å². The molecule has 2 nitrogen and oxygen atoms in total. The van der Waals surface area contributed by atoms with Gasteiger partial charge in [0.1, 0.15) is 10.7 Å². The normalized spacial score (nSPS) is 10.3. The van der Waals surface area contributed by atoms with Crippen LogP contribution in [0.3, 0.4) is 0 Å². The van der Waals surface area contributed by atoms with Crippen LogP contribution in [0.25, 0.3) is 10.6 Å². The van der Waals surface area contributed by atoms with Gasteiger partial charge in [-0.05, 0) is 31.0 Å². The van der Waals surface area contributed by atoms with Crippen LogP contribution in [-0.2, 0) is 0 Å². The first-order valence-corrected chi connectivity index (χ1v) is 5.57. The third-order valence-electron chi connectivity index (χ3n) is 2.40. The first-order chi connectivity index (χ1) is 7.20. The van der Waals surface area contributed by atoms with Gasteiger partial charge in [-0.3, -0.25) is 4.79 Å². The molecule has 1 heterocycles. The number of aldehydes is 1. The van der Waals surface area contributed by atoms with Crippen LogP contribution in [-0.4, -0.2) is 11.3 Å². The van der Waals surface area contributed by atoms with E-state index in [2.05, 4.69) is 31.0 Å². The second-order valence-corrected chi connectivity index (χ2v) is 4.35. The molecule has 2 rings (SSSR count). The van der Waals surface area contributed by atoms with E-state index in [9.17, 15) is 4.79 Å². The highest BCUT2D eigenvalue weighted by Crippen LogP contribution is 2.25. The highest BCUT2D eigenvalue weighted by molar-refractivity contribution is 7.13. The molecule has 0 bridgehead atoms. The SMILES string of the molecule is Cc1ccc(-c2nc(C=O)cs2)cc1C. The summed E-state index contributed by atoms with van der Waals surface area (Å²) in [6.07, 6.45) is 0.779. The Labute approximate surface area is 92.6 Å². The molecule has 76 valence electrons. The smallest absolute Gasteiger partial charge is 0.169 e. The number of nitrogens with zero attached hydrogens (tertiary/aromatic N) is 1. The van der Waals surface area contributed by atoms with Gasteiger partial charge in [-0.25, -0.2) is 4.98 Å². The minimum Gasteiger partial charge on any atom is -0.296 e. The van der Waals surface area contributed by atoms with Crippen molar-refractivity contribution in [3.63, 3.8) is 0 Å². The van der Waals surface area contributed by atoms with Crippen molar-refractivity contribution in [1.82, 2.24) is 4.98 Å². The molecule has 0 aliphatic carbocycles. The van der Waals surface area contributed by atoms with Gasteiger partial charge in [-0.1, -0.05) is 12.1 Å². The molecule has 2 aromatic rings. The molecule has 0 unspecified atom stereocenters. The van der Waals surface area contributed by atoms with Gasteiger partial charge in [0.2, 0.25) is 0 Å². The maximum absolute atomic E-state index is 10.5. The summed E-state index contributed by atoms with van der Waals surface area (Å²) in [5.41, 5.74) is 4.10. The Kier molecular flexibility index (Phi) is 2.64. The van der Waals surface area contributed by atoms with Crippen LogP contribution in [0.15, 0.2) is 23.6 Å². The topological polar surface area (TPSA) is 30.0 Å². The summed E-state index contributed by atoms with van der Waals surface area (Å²) in [6.45, 7) is 4.16. The van der Waals surface area contributed by atoms with Crippen molar-refractivity contribution in [1.29, 1.82) is 0 Å². The van der Waals surface area contributed by atoms with Crippen molar-refractivity contribution in [3.8, 4) is 10.6 Å². The van der Waals surface area contributed by atoms with Gasteiger partial charge < -0.3 is 0 Å². The predicted molar refractivity (Wildman–Crippen MR) is 62.4 cm³/mol. The fourth-order valence-corrected chi connectivity index (χ4v) is 2.11. The Hall–Kier alpha value is -1.48. The molecule has 0 spiro atoms. The highest BCUT2D eigenvalue weighted by Gasteiger charge is 2.04. The number of hydrogen-bond donors (Lipinski definition) is 0. The summed E-state index contributed by atoms with van der Waals surface area (Å²) in [7, 11) is 0. The van der Waals surface area contributed by atoms with Crippen LogP contribution in [0, 0.1) is 13.8 Å². The molecule has 3 heteroatoms. The number of benzene rings is 1. The number of aryl methyl sites for hydroxylation is 2. The molecule has 0 atom stereocenters. The second-order valence-electron chi connectivity index (χ2n) is 3.49. The van der Waals surface area contributed by atoms with Gasteiger partial charge in [0.25, 0.3) is 0 Å². The summed E-state index contributed by atoms with van der Waals surface area (Å²) >= 11 is 1.50. The molecule has 0 saturated carbocycles. The standard InChI is InChI=1S/C12H11NOS/c1-8-3-4-10(5-9(8)2)12-13-11(6-14)7-15-12/h3-7H,1-2H3. The molecule has 1 aromatic carbocycles. The number of thiazole rings is 1. The number of rotatable bonds is 2. The number of hydrogen-bond acceptors (Lipinski definition) is 3. The molecule has 0 aliphatic rings. The lowest BCUT2D eigenvalue weighted by Crippen LogP contribution is -1.84. The summed E-state index contributed by atoms with van der Waals surface area (Å²) in [4.78, 5) is 14.7. The van der Waals surface area contributed by atoms with Crippen LogP contribution in [0.5, 0.6) is 0 Å². The molecular formula is C12H11NOS. The van der Waals surface area contributed by atoms with E-state index in [1.54, 1.807) is 5.38 Å². The minimum atomic E-state index is 0.508. The average molecular weight is 217 g/mol. The maximum atomic E-state index is 10.5. The van der Waals surface area contributed by atoms with Crippen molar-refractivity contribution in [3.05, 3.63) is 40.4 Å². The van der Waals surface area contributed by atoms with Gasteiger partial charge in [0, 0.05) is 10.9 Å². The fourth-order valence-electron chi connectivity index (χ4n) is 1.35. The summed E-state index contributed by atoms with van der Waals surface area (Å²) in [5, 5.41) is 2.68. The van der Waals surface area contributed by atoms with E-state index in [0.717, 1.165) is 16.9 Å². The molecule has 0 amide bonds. The van der Waals surface area contributed by atoms with Crippen molar-refractivity contribution >= 4 is 17.6 Å². The van der Waals surface area contributed by atoms with Crippen LogP contribution >= 0.6 is 11.3 Å².